The van der Waals surface area contributed by atoms with Crippen LogP contribution in [-0.2, 0) is 15.7 Å². The molecule has 0 aromatic heterocycles. The van der Waals surface area contributed by atoms with Gasteiger partial charge in [-0.1, -0.05) is 50.8 Å². The molecule has 1 aliphatic rings. The standard InChI is InChI=1S/C22H32F3NO3/c1-4-5-6-7-8-13-27-19-10-9-17(14-18(19)22(23,24)25)11-12-21(26)15-28-20(2,3)29-16-21/h9-12,14H,4-8,13,15-16,26H2,1-3H3/b12-11+. The first-order valence-electron chi connectivity index (χ1n) is 10.1. The molecule has 7 heteroatoms. The molecule has 0 spiro atoms. The molecular weight excluding hydrogens is 383 g/mol. The minimum atomic E-state index is -4.50. The first kappa shape index (κ1) is 23.7. The lowest BCUT2D eigenvalue weighted by Gasteiger charge is -2.39. The number of halogens is 3. The highest BCUT2D eigenvalue weighted by Crippen LogP contribution is 2.37. The molecule has 1 aromatic carbocycles. The first-order chi connectivity index (χ1) is 13.5. The molecule has 1 fully saturated rings. The van der Waals surface area contributed by atoms with E-state index in [1.807, 2.05) is 0 Å². The van der Waals surface area contributed by atoms with Gasteiger partial charge in [-0.2, -0.15) is 13.2 Å². The van der Waals surface area contributed by atoms with Gasteiger partial charge in [-0.3, -0.25) is 0 Å². The Hall–Kier alpha value is -1.57. The van der Waals surface area contributed by atoms with Crippen molar-refractivity contribution < 1.29 is 27.4 Å². The monoisotopic (exact) mass is 415 g/mol. The van der Waals surface area contributed by atoms with Crippen molar-refractivity contribution in [2.75, 3.05) is 19.8 Å². The van der Waals surface area contributed by atoms with Crippen molar-refractivity contribution in [3.63, 3.8) is 0 Å². The molecule has 0 bridgehead atoms. The van der Waals surface area contributed by atoms with E-state index in [4.69, 9.17) is 19.9 Å². The van der Waals surface area contributed by atoms with Crippen LogP contribution in [0.4, 0.5) is 13.2 Å². The Morgan fingerprint density at radius 3 is 2.38 bits per heavy atom. The van der Waals surface area contributed by atoms with Gasteiger partial charge in [0.15, 0.2) is 5.79 Å². The second-order valence-electron chi connectivity index (χ2n) is 8.06. The van der Waals surface area contributed by atoms with Crippen LogP contribution in [0.3, 0.4) is 0 Å². The summed E-state index contributed by atoms with van der Waals surface area (Å²) in [5.74, 6) is -0.853. The third kappa shape index (κ3) is 7.64. The lowest BCUT2D eigenvalue weighted by molar-refractivity contribution is -0.260. The molecule has 4 nitrogen and oxygen atoms in total. The third-order valence-electron chi connectivity index (χ3n) is 4.80. The summed E-state index contributed by atoms with van der Waals surface area (Å²) in [6.45, 7) is 6.41. The van der Waals surface area contributed by atoms with Crippen LogP contribution in [0.25, 0.3) is 6.08 Å². The molecule has 164 valence electrons. The van der Waals surface area contributed by atoms with Crippen molar-refractivity contribution in [2.24, 2.45) is 5.73 Å². The van der Waals surface area contributed by atoms with E-state index in [0.29, 0.717) is 5.56 Å². The highest BCUT2D eigenvalue weighted by Gasteiger charge is 2.36. The molecule has 0 aliphatic carbocycles. The van der Waals surface area contributed by atoms with Gasteiger partial charge in [-0.25, -0.2) is 0 Å². The zero-order valence-electron chi connectivity index (χ0n) is 17.5. The van der Waals surface area contributed by atoms with Crippen molar-refractivity contribution in [3.8, 4) is 5.75 Å². The van der Waals surface area contributed by atoms with E-state index in [1.165, 1.54) is 6.07 Å². The molecular formula is C22H32F3NO3. The number of ether oxygens (including phenoxy) is 3. The van der Waals surface area contributed by atoms with Crippen LogP contribution in [0.2, 0.25) is 0 Å². The minimum absolute atomic E-state index is 0.140. The molecule has 0 amide bonds. The second kappa shape index (κ2) is 9.96. The maximum atomic E-state index is 13.5. The van der Waals surface area contributed by atoms with Crippen LogP contribution in [0.15, 0.2) is 24.3 Å². The molecule has 1 aromatic rings. The van der Waals surface area contributed by atoms with Gasteiger partial charge in [-0.15, -0.1) is 0 Å². The van der Waals surface area contributed by atoms with Crippen molar-refractivity contribution in [2.45, 2.75) is 70.4 Å². The maximum absolute atomic E-state index is 13.5. The van der Waals surface area contributed by atoms with E-state index >= 15 is 0 Å². The van der Waals surface area contributed by atoms with Gasteiger partial charge in [0.25, 0.3) is 0 Å². The van der Waals surface area contributed by atoms with Gasteiger partial charge >= 0.3 is 6.18 Å². The van der Waals surface area contributed by atoms with Crippen LogP contribution < -0.4 is 10.5 Å². The molecule has 0 radical (unpaired) electrons. The summed E-state index contributed by atoms with van der Waals surface area (Å²) in [5.41, 5.74) is 4.94. The van der Waals surface area contributed by atoms with Gasteiger partial charge in [0.1, 0.15) is 5.75 Å². The van der Waals surface area contributed by atoms with Crippen LogP contribution in [0, 0.1) is 0 Å². The topological polar surface area (TPSA) is 53.7 Å². The number of alkyl halides is 3. The normalized spacial score (nSPS) is 18.9. The smallest absolute Gasteiger partial charge is 0.419 e. The van der Waals surface area contributed by atoms with E-state index in [-0.39, 0.29) is 25.6 Å². The molecule has 1 saturated heterocycles. The van der Waals surface area contributed by atoms with Crippen LogP contribution >= 0.6 is 0 Å². The molecule has 0 unspecified atom stereocenters. The SMILES string of the molecule is CCCCCCCOc1ccc(/C=C/C2(N)COC(C)(C)OC2)cc1C(F)(F)F. The van der Waals surface area contributed by atoms with Gasteiger partial charge < -0.3 is 19.9 Å². The Balaban J connectivity index is 2.04. The number of hydrogen-bond acceptors (Lipinski definition) is 4. The zero-order chi connectivity index (χ0) is 21.5. The van der Waals surface area contributed by atoms with Crippen LogP contribution in [0.1, 0.15) is 64.0 Å². The summed E-state index contributed by atoms with van der Waals surface area (Å²) in [6, 6.07) is 4.05. The van der Waals surface area contributed by atoms with Crippen molar-refractivity contribution in [3.05, 3.63) is 35.4 Å². The summed E-state index contributed by atoms with van der Waals surface area (Å²) in [4.78, 5) is 0. The van der Waals surface area contributed by atoms with E-state index < -0.39 is 23.1 Å². The fourth-order valence-corrected chi connectivity index (χ4v) is 2.94. The van der Waals surface area contributed by atoms with E-state index in [2.05, 4.69) is 6.92 Å². The molecule has 1 heterocycles. The Kier molecular flexibility index (Phi) is 8.14. The molecule has 0 saturated carbocycles. The number of hydrogen-bond donors (Lipinski definition) is 1. The summed E-state index contributed by atoms with van der Waals surface area (Å²) in [6.07, 6.45) is 3.71. The zero-order valence-corrected chi connectivity index (χ0v) is 17.5. The Morgan fingerprint density at radius 2 is 1.76 bits per heavy atom. The molecule has 29 heavy (non-hydrogen) atoms. The highest BCUT2D eigenvalue weighted by molar-refractivity contribution is 5.55. The maximum Gasteiger partial charge on any atom is 0.419 e. The largest absolute Gasteiger partial charge is 0.493 e. The lowest BCUT2D eigenvalue weighted by atomic mass is 9.99. The van der Waals surface area contributed by atoms with Gasteiger partial charge in [0.05, 0.1) is 30.9 Å². The molecule has 1 aliphatic heterocycles. The third-order valence-corrected chi connectivity index (χ3v) is 4.80. The van der Waals surface area contributed by atoms with E-state index in [1.54, 1.807) is 32.1 Å². The summed E-state index contributed by atoms with van der Waals surface area (Å²) >= 11 is 0. The van der Waals surface area contributed by atoms with Gasteiger partial charge in [0, 0.05) is 0 Å². The van der Waals surface area contributed by atoms with Gasteiger partial charge in [-0.05, 0) is 38.0 Å². The number of rotatable bonds is 9. The van der Waals surface area contributed by atoms with Crippen molar-refractivity contribution in [1.82, 2.24) is 0 Å². The molecule has 2 N–H and O–H groups in total. The second-order valence-corrected chi connectivity index (χ2v) is 8.06. The predicted octanol–water partition coefficient (Wildman–Crippen LogP) is 5.55. The lowest BCUT2D eigenvalue weighted by Crippen LogP contribution is -2.55. The Morgan fingerprint density at radius 1 is 1.10 bits per heavy atom. The average Bonchev–Trinajstić information content (AvgIpc) is 2.65. The van der Waals surface area contributed by atoms with Crippen molar-refractivity contribution in [1.29, 1.82) is 0 Å². The number of benzene rings is 1. The Labute approximate surface area is 171 Å². The first-order valence-corrected chi connectivity index (χ1v) is 10.1. The fourth-order valence-electron chi connectivity index (χ4n) is 2.94. The van der Waals surface area contributed by atoms with E-state index in [0.717, 1.165) is 38.2 Å². The summed E-state index contributed by atoms with van der Waals surface area (Å²) < 4.78 is 57.0. The Bertz CT molecular complexity index is 676. The summed E-state index contributed by atoms with van der Waals surface area (Å²) in [5, 5.41) is 0. The number of unbranched alkanes of at least 4 members (excludes halogenated alkanes) is 4. The van der Waals surface area contributed by atoms with Crippen molar-refractivity contribution >= 4 is 6.08 Å². The quantitative estimate of drug-likeness (QED) is 0.538. The summed E-state index contributed by atoms with van der Waals surface area (Å²) in [7, 11) is 0. The molecule has 0 atom stereocenters. The fraction of sp³-hybridized carbons (Fsp3) is 0.636. The average molecular weight is 415 g/mol. The highest BCUT2D eigenvalue weighted by atomic mass is 19.4. The predicted molar refractivity (Wildman–Crippen MR) is 108 cm³/mol. The van der Waals surface area contributed by atoms with Crippen LogP contribution in [-0.4, -0.2) is 31.1 Å². The van der Waals surface area contributed by atoms with Crippen LogP contribution in [0.5, 0.6) is 5.75 Å². The minimum Gasteiger partial charge on any atom is -0.493 e. The van der Waals surface area contributed by atoms with Gasteiger partial charge in [0.2, 0.25) is 0 Å². The molecule has 2 rings (SSSR count). The van der Waals surface area contributed by atoms with E-state index in [9.17, 15) is 13.2 Å². The number of nitrogens with two attached hydrogens (primary N) is 1.